The molecule has 0 radical (unpaired) electrons. The van der Waals surface area contributed by atoms with Crippen LogP contribution in [0, 0.1) is 0 Å². The smallest absolute Gasteiger partial charge is 0.383 e. The predicted molar refractivity (Wildman–Crippen MR) is 79.8 cm³/mol. The molecule has 1 unspecified atom stereocenters. The van der Waals surface area contributed by atoms with Crippen LogP contribution in [0.4, 0.5) is 0 Å². The quantitative estimate of drug-likeness (QED) is 0.777. The number of benzene rings is 2. The Bertz CT molecular complexity index is 754. The molecule has 7 nitrogen and oxygen atoms in total. The number of ether oxygens (including phenoxy) is 1. The Kier molecular flexibility index (Phi) is 4.09. The van der Waals surface area contributed by atoms with E-state index in [0.29, 0.717) is 10.8 Å². The van der Waals surface area contributed by atoms with Gasteiger partial charge in [0.2, 0.25) is 0 Å². The van der Waals surface area contributed by atoms with E-state index in [1.807, 2.05) is 0 Å². The fourth-order valence-corrected chi connectivity index (χ4v) is 2.58. The van der Waals surface area contributed by atoms with Crippen molar-refractivity contribution in [1.82, 2.24) is 5.06 Å². The van der Waals surface area contributed by atoms with E-state index in [1.54, 1.807) is 24.3 Å². The lowest BCUT2D eigenvalue weighted by Crippen LogP contribution is -2.31. The first kappa shape index (κ1) is 15.2. The summed E-state index contributed by atoms with van der Waals surface area (Å²) in [6, 6.07) is 12.5. The Morgan fingerprint density at radius 1 is 0.870 bits per heavy atom. The largest absolute Gasteiger partial charge is 0.497 e. The van der Waals surface area contributed by atoms with Crippen molar-refractivity contribution in [3.05, 3.63) is 59.7 Å². The summed E-state index contributed by atoms with van der Waals surface area (Å²) in [5.74, 6) is -0.528. The van der Waals surface area contributed by atoms with Crippen molar-refractivity contribution in [2.24, 2.45) is 0 Å². The van der Waals surface area contributed by atoms with Gasteiger partial charge in [-0.2, -0.15) is 4.21 Å². The summed E-state index contributed by atoms with van der Waals surface area (Å²) in [6.07, 6.45) is 0. The van der Waals surface area contributed by atoms with Gasteiger partial charge in [-0.1, -0.05) is 12.1 Å². The molecule has 0 fully saturated rings. The maximum absolute atomic E-state index is 12.1. The van der Waals surface area contributed by atoms with Gasteiger partial charge in [0, 0.05) is 0 Å². The Balaban J connectivity index is 1.69. The highest BCUT2D eigenvalue weighted by atomic mass is 32.2. The number of nitrogens with zero attached hydrogens (tertiary/aromatic N) is 1. The van der Waals surface area contributed by atoms with Gasteiger partial charge < -0.3 is 8.92 Å². The topological polar surface area (TPSA) is 82.1 Å². The maximum atomic E-state index is 12.1. The Morgan fingerprint density at radius 2 is 1.39 bits per heavy atom. The van der Waals surface area contributed by atoms with Crippen molar-refractivity contribution >= 4 is 23.2 Å². The molecule has 0 aliphatic carbocycles. The fraction of sp³-hybridized carbons (Fsp3) is 0.0667. The molecular formula is C15H11NO6S. The van der Waals surface area contributed by atoms with Gasteiger partial charge in [-0.25, -0.2) is 0 Å². The van der Waals surface area contributed by atoms with Crippen LogP contribution in [-0.4, -0.2) is 28.2 Å². The summed E-state index contributed by atoms with van der Waals surface area (Å²) in [7, 11) is 1.51. The Hall–Kier alpha value is -2.71. The summed E-state index contributed by atoms with van der Waals surface area (Å²) in [5.41, 5.74) is 0.387. The van der Waals surface area contributed by atoms with Gasteiger partial charge >= 0.3 is 11.4 Å². The minimum absolute atomic E-state index is 0.193. The molecule has 2 aromatic carbocycles. The molecule has 1 atom stereocenters. The zero-order valence-corrected chi connectivity index (χ0v) is 12.7. The van der Waals surface area contributed by atoms with Gasteiger partial charge in [-0.3, -0.25) is 9.59 Å². The molecule has 2 amide bonds. The van der Waals surface area contributed by atoms with Crippen molar-refractivity contribution in [2.45, 2.75) is 0 Å². The number of hydroxylamine groups is 2. The van der Waals surface area contributed by atoms with Crippen molar-refractivity contribution < 1.29 is 27.0 Å². The third-order valence-electron chi connectivity index (χ3n) is 3.12. The molecule has 1 aliphatic heterocycles. The second-order valence-electron chi connectivity index (χ2n) is 4.49. The average Bonchev–Trinajstić information content (AvgIpc) is 2.81. The first-order valence-electron chi connectivity index (χ1n) is 6.50. The minimum atomic E-state index is -2.36. The van der Waals surface area contributed by atoms with E-state index in [0.717, 1.165) is 0 Å². The van der Waals surface area contributed by atoms with E-state index in [1.165, 1.54) is 31.4 Å². The molecular weight excluding hydrogens is 322 g/mol. The zero-order chi connectivity index (χ0) is 16.4. The zero-order valence-electron chi connectivity index (χ0n) is 11.9. The predicted octanol–water partition coefficient (Wildman–Crippen LogP) is 1.88. The highest BCUT2D eigenvalue weighted by molar-refractivity contribution is 7.75. The number of fused-ring (bicyclic) bond motifs is 1. The molecule has 3 rings (SSSR count). The highest BCUT2D eigenvalue weighted by Crippen LogP contribution is 2.24. The summed E-state index contributed by atoms with van der Waals surface area (Å²) in [4.78, 5) is 24.1. The van der Waals surface area contributed by atoms with E-state index in [9.17, 15) is 13.8 Å². The number of imide groups is 1. The van der Waals surface area contributed by atoms with E-state index in [2.05, 4.69) is 0 Å². The van der Waals surface area contributed by atoms with E-state index >= 15 is 0 Å². The molecule has 0 saturated heterocycles. The van der Waals surface area contributed by atoms with Crippen LogP contribution in [-0.2, 0) is 15.6 Å². The number of carbonyl (C=O) groups is 2. The molecule has 0 spiro atoms. The van der Waals surface area contributed by atoms with Gasteiger partial charge in [-0.15, -0.1) is 9.35 Å². The molecule has 0 bridgehead atoms. The summed E-state index contributed by atoms with van der Waals surface area (Å²) in [6.45, 7) is 0. The van der Waals surface area contributed by atoms with Gasteiger partial charge in [0.25, 0.3) is 11.8 Å². The highest BCUT2D eigenvalue weighted by Gasteiger charge is 2.38. The van der Waals surface area contributed by atoms with Crippen LogP contribution in [0.15, 0.2) is 48.5 Å². The van der Waals surface area contributed by atoms with E-state index in [-0.39, 0.29) is 16.9 Å². The van der Waals surface area contributed by atoms with Gasteiger partial charge in [0.15, 0.2) is 0 Å². The van der Waals surface area contributed by atoms with E-state index in [4.69, 9.17) is 13.2 Å². The first-order chi connectivity index (χ1) is 11.1. The standard InChI is InChI=1S/C15H11NO6S/c1-20-10-6-8-11(9-7-10)21-23(19)22-16-14(17)12-4-2-3-5-13(12)15(16)18/h2-9H,1H3. The molecule has 1 heterocycles. The normalized spacial score (nSPS) is 14.6. The van der Waals surface area contributed by atoms with Gasteiger partial charge in [-0.05, 0) is 36.4 Å². The van der Waals surface area contributed by atoms with Crippen molar-refractivity contribution in [3.8, 4) is 11.5 Å². The van der Waals surface area contributed by atoms with Gasteiger partial charge in [0.1, 0.15) is 11.5 Å². The number of hydrogen-bond donors (Lipinski definition) is 0. The summed E-state index contributed by atoms with van der Waals surface area (Å²) < 4.78 is 26.7. The molecule has 23 heavy (non-hydrogen) atoms. The molecule has 0 N–H and O–H groups in total. The lowest BCUT2D eigenvalue weighted by atomic mass is 10.1. The number of carbonyl (C=O) groups excluding carboxylic acids is 2. The Morgan fingerprint density at radius 3 is 1.91 bits per heavy atom. The third-order valence-corrected chi connectivity index (χ3v) is 3.72. The van der Waals surface area contributed by atoms with Crippen LogP contribution in [0.5, 0.6) is 11.5 Å². The average molecular weight is 333 g/mol. The molecule has 1 aliphatic rings. The summed E-state index contributed by atoms with van der Waals surface area (Å²) >= 11 is -2.36. The number of amides is 2. The second-order valence-corrected chi connectivity index (χ2v) is 5.21. The minimum Gasteiger partial charge on any atom is -0.497 e. The van der Waals surface area contributed by atoms with Crippen LogP contribution in [0.3, 0.4) is 0 Å². The van der Waals surface area contributed by atoms with Crippen LogP contribution < -0.4 is 8.92 Å². The van der Waals surface area contributed by atoms with Crippen LogP contribution in [0.2, 0.25) is 0 Å². The number of hydrogen-bond acceptors (Lipinski definition) is 6. The van der Waals surface area contributed by atoms with Gasteiger partial charge in [0.05, 0.1) is 18.2 Å². The summed E-state index contributed by atoms with van der Waals surface area (Å²) in [5, 5.41) is 0.435. The maximum Gasteiger partial charge on any atom is 0.383 e. The molecule has 0 saturated carbocycles. The molecule has 2 aromatic rings. The van der Waals surface area contributed by atoms with Crippen LogP contribution in [0.25, 0.3) is 0 Å². The monoisotopic (exact) mass is 333 g/mol. The second kappa shape index (κ2) is 6.19. The van der Waals surface area contributed by atoms with Crippen LogP contribution >= 0.6 is 0 Å². The van der Waals surface area contributed by atoms with E-state index < -0.39 is 23.2 Å². The lowest BCUT2D eigenvalue weighted by Gasteiger charge is -2.11. The number of rotatable bonds is 5. The van der Waals surface area contributed by atoms with Crippen molar-refractivity contribution in [1.29, 1.82) is 0 Å². The first-order valence-corrected chi connectivity index (χ1v) is 7.50. The van der Waals surface area contributed by atoms with Crippen molar-refractivity contribution in [2.75, 3.05) is 7.11 Å². The molecule has 118 valence electrons. The number of methoxy groups -OCH3 is 1. The fourth-order valence-electron chi connectivity index (χ4n) is 2.02. The van der Waals surface area contributed by atoms with Crippen LogP contribution in [0.1, 0.15) is 20.7 Å². The Labute approximate surface area is 134 Å². The van der Waals surface area contributed by atoms with Crippen molar-refractivity contribution in [3.63, 3.8) is 0 Å². The third kappa shape index (κ3) is 2.94. The SMILES string of the molecule is COc1ccc(OS(=O)ON2C(=O)c3ccccc3C2=O)cc1. The molecule has 8 heteroatoms. The molecule has 0 aromatic heterocycles. The lowest BCUT2D eigenvalue weighted by molar-refractivity contribution is -0.0105.